The molecular weight excluding hydrogens is 367 g/mol. The summed E-state index contributed by atoms with van der Waals surface area (Å²) in [6, 6.07) is 14.8. The lowest BCUT2D eigenvalue weighted by molar-refractivity contribution is -0.122. The van der Waals surface area contributed by atoms with Crippen molar-refractivity contribution in [1.29, 1.82) is 0 Å². The third-order valence-corrected chi connectivity index (χ3v) is 5.66. The summed E-state index contributed by atoms with van der Waals surface area (Å²) in [5.74, 6) is -0.124. The zero-order valence-electron chi connectivity index (χ0n) is 17.0. The molecule has 0 bridgehead atoms. The van der Waals surface area contributed by atoms with Crippen LogP contribution in [0.4, 0.5) is 4.39 Å². The van der Waals surface area contributed by atoms with Gasteiger partial charge in [0.05, 0.1) is 6.61 Å². The van der Waals surface area contributed by atoms with Gasteiger partial charge in [0.1, 0.15) is 5.82 Å². The van der Waals surface area contributed by atoms with Crippen molar-refractivity contribution in [1.82, 2.24) is 10.2 Å². The Bertz CT molecular complexity index is 833. The van der Waals surface area contributed by atoms with Gasteiger partial charge in [-0.05, 0) is 35.7 Å². The topological polar surface area (TPSA) is 52.6 Å². The van der Waals surface area contributed by atoms with E-state index in [1.54, 1.807) is 12.1 Å². The van der Waals surface area contributed by atoms with Gasteiger partial charge in [-0.3, -0.25) is 9.69 Å². The summed E-state index contributed by atoms with van der Waals surface area (Å²) in [4.78, 5) is 14.0. The Morgan fingerprint density at radius 3 is 2.41 bits per heavy atom. The van der Waals surface area contributed by atoms with E-state index in [-0.39, 0.29) is 36.3 Å². The highest BCUT2D eigenvalue weighted by atomic mass is 19.1. The summed E-state index contributed by atoms with van der Waals surface area (Å²) in [7, 11) is 0. The van der Waals surface area contributed by atoms with Crippen molar-refractivity contribution >= 4 is 12.0 Å². The number of amides is 1. The number of hydrogen-bond acceptors (Lipinski definition) is 3. The van der Waals surface area contributed by atoms with Crippen LogP contribution in [0, 0.1) is 5.82 Å². The Morgan fingerprint density at radius 2 is 1.83 bits per heavy atom. The lowest BCUT2D eigenvalue weighted by Crippen LogP contribution is -2.66. The van der Waals surface area contributed by atoms with Crippen LogP contribution in [-0.4, -0.2) is 41.1 Å². The molecule has 0 aliphatic carbocycles. The second-order valence-electron chi connectivity index (χ2n) is 7.47. The molecule has 0 radical (unpaired) electrons. The number of allylic oxidation sites excluding steroid dienone is 1. The molecule has 2 aromatic rings. The number of aliphatic hydroxyl groups is 1. The van der Waals surface area contributed by atoms with Gasteiger partial charge in [0.2, 0.25) is 5.91 Å². The smallest absolute Gasteiger partial charge is 0.219 e. The molecule has 1 fully saturated rings. The van der Waals surface area contributed by atoms with E-state index in [1.807, 2.05) is 26.0 Å². The molecule has 1 aliphatic heterocycles. The van der Waals surface area contributed by atoms with E-state index in [0.717, 1.165) is 16.7 Å². The van der Waals surface area contributed by atoms with Gasteiger partial charge in [0.25, 0.3) is 0 Å². The van der Waals surface area contributed by atoms with E-state index in [2.05, 4.69) is 34.5 Å². The number of carbonyl (C=O) groups excluding carboxylic acids is 1. The van der Waals surface area contributed by atoms with Crippen LogP contribution in [0.3, 0.4) is 0 Å². The Kier molecular flexibility index (Phi) is 7.18. The van der Waals surface area contributed by atoms with Crippen LogP contribution < -0.4 is 5.32 Å². The van der Waals surface area contributed by atoms with Crippen LogP contribution in [0.15, 0.2) is 54.6 Å². The highest BCUT2D eigenvalue weighted by Gasteiger charge is 2.48. The molecular formula is C24H29FN2O2. The number of benzene rings is 2. The van der Waals surface area contributed by atoms with Gasteiger partial charge in [-0.25, -0.2) is 4.39 Å². The first kappa shape index (κ1) is 21.2. The molecule has 0 spiro atoms. The zero-order chi connectivity index (χ0) is 20.8. The molecule has 4 nitrogen and oxygen atoms in total. The molecule has 2 aromatic carbocycles. The Morgan fingerprint density at radius 1 is 1.14 bits per heavy atom. The lowest BCUT2D eigenvalue weighted by Gasteiger charge is -2.55. The molecule has 1 amide bonds. The van der Waals surface area contributed by atoms with E-state index in [0.29, 0.717) is 19.5 Å². The number of nitrogens with one attached hydrogen (secondary N) is 1. The molecule has 3 rings (SSSR count). The molecule has 2 N–H and O–H groups in total. The molecule has 29 heavy (non-hydrogen) atoms. The van der Waals surface area contributed by atoms with Crippen LogP contribution in [0.5, 0.6) is 0 Å². The molecule has 1 aliphatic rings. The third kappa shape index (κ3) is 4.92. The summed E-state index contributed by atoms with van der Waals surface area (Å²) in [6.45, 7) is 4.97. The number of carbonyl (C=O) groups is 1. The predicted octanol–water partition coefficient (Wildman–Crippen LogP) is 3.71. The molecule has 0 saturated carbocycles. The summed E-state index contributed by atoms with van der Waals surface area (Å²) < 4.78 is 13.3. The van der Waals surface area contributed by atoms with Crippen LogP contribution >= 0.6 is 0 Å². The molecule has 1 heterocycles. The van der Waals surface area contributed by atoms with Gasteiger partial charge >= 0.3 is 0 Å². The molecule has 3 atom stereocenters. The largest absolute Gasteiger partial charge is 0.395 e. The van der Waals surface area contributed by atoms with Crippen molar-refractivity contribution in [2.24, 2.45) is 0 Å². The maximum absolute atomic E-state index is 13.3. The quantitative estimate of drug-likeness (QED) is 0.715. The molecule has 5 heteroatoms. The fourth-order valence-electron chi connectivity index (χ4n) is 4.12. The summed E-state index contributed by atoms with van der Waals surface area (Å²) in [6.07, 6.45) is 4.49. The van der Waals surface area contributed by atoms with Crippen molar-refractivity contribution < 1.29 is 14.3 Å². The Hall–Kier alpha value is -2.50. The van der Waals surface area contributed by atoms with Crippen molar-refractivity contribution in [3.8, 4) is 0 Å². The number of likely N-dealkylation sites (tertiary alicyclic amines) is 1. The summed E-state index contributed by atoms with van der Waals surface area (Å²) in [5.41, 5.74) is 3.28. The van der Waals surface area contributed by atoms with Crippen molar-refractivity contribution in [3.05, 3.63) is 77.1 Å². The number of rotatable bonds is 8. The van der Waals surface area contributed by atoms with Gasteiger partial charge in [-0.15, -0.1) is 0 Å². The maximum atomic E-state index is 13.3. The van der Waals surface area contributed by atoms with Gasteiger partial charge in [0.15, 0.2) is 0 Å². The van der Waals surface area contributed by atoms with E-state index < -0.39 is 0 Å². The predicted molar refractivity (Wildman–Crippen MR) is 114 cm³/mol. The Labute approximate surface area is 172 Å². The van der Waals surface area contributed by atoms with E-state index in [4.69, 9.17) is 0 Å². The number of aliphatic hydroxyl groups excluding tert-OH is 1. The van der Waals surface area contributed by atoms with E-state index in [1.165, 1.54) is 12.1 Å². The van der Waals surface area contributed by atoms with Crippen molar-refractivity contribution in [3.63, 3.8) is 0 Å². The minimum atomic E-state index is -0.262. The monoisotopic (exact) mass is 396 g/mol. The molecule has 154 valence electrons. The second-order valence-corrected chi connectivity index (χ2v) is 7.47. The number of nitrogens with zero attached hydrogens (tertiary/aromatic N) is 1. The lowest BCUT2D eigenvalue weighted by atomic mass is 9.74. The maximum Gasteiger partial charge on any atom is 0.219 e. The normalized spacial score (nSPS) is 21.9. The molecule has 1 saturated heterocycles. The SMILES string of the molecule is C/C=C/c1ccc([C@H]2[C@@H](CO)N(Cc3ccc(F)cc3)[C@@H]2CNC(=O)CC)cc1. The van der Waals surface area contributed by atoms with Gasteiger partial charge in [-0.1, -0.05) is 55.5 Å². The fraction of sp³-hybridized carbons (Fsp3) is 0.375. The molecule has 0 aromatic heterocycles. The van der Waals surface area contributed by atoms with E-state index >= 15 is 0 Å². The highest BCUT2D eigenvalue weighted by molar-refractivity contribution is 5.75. The summed E-state index contributed by atoms with van der Waals surface area (Å²) >= 11 is 0. The van der Waals surface area contributed by atoms with Crippen LogP contribution in [0.25, 0.3) is 6.08 Å². The first-order chi connectivity index (χ1) is 14.1. The highest BCUT2D eigenvalue weighted by Crippen LogP contribution is 2.41. The fourth-order valence-corrected chi connectivity index (χ4v) is 4.12. The average molecular weight is 397 g/mol. The van der Waals surface area contributed by atoms with Crippen molar-refractivity contribution in [2.75, 3.05) is 13.2 Å². The second kappa shape index (κ2) is 9.81. The number of hydrogen-bond donors (Lipinski definition) is 2. The van der Waals surface area contributed by atoms with Gasteiger partial charge in [-0.2, -0.15) is 0 Å². The Balaban J connectivity index is 1.82. The standard InChI is InChI=1S/C24H29FN2O2/c1-3-5-17-6-10-19(11-7-17)24-21(14-26-23(29)4-2)27(22(24)16-28)15-18-8-12-20(25)13-9-18/h3,5-13,21-22,24,28H,4,14-16H2,1-2H3,(H,26,29)/b5-3+/t21-,22-,24-/m1/s1. The third-order valence-electron chi connectivity index (χ3n) is 5.66. The van der Waals surface area contributed by atoms with Gasteiger partial charge < -0.3 is 10.4 Å². The molecule has 0 unspecified atom stereocenters. The average Bonchev–Trinajstić information content (AvgIpc) is 2.73. The zero-order valence-corrected chi connectivity index (χ0v) is 17.0. The minimum absolute atomic E-state index is 0.0151. The van der Waals surface area contributed by atoms with Crippen LogP contribution in [0.2, 0.25) is 0 Å². The minimum Gasteiger partial charge on any atom is -0.395 e. The number of halogens is 1. The summed E-state index contributed by atoms with van der Waals surface area (Å²) in [5, 5.41) is 13.1. The van der Waals surface area contributed by atoms with Crippen LogP contribution in [-0.2, 0) is 11.3 Å². The first-order valence-corrected chi connectivity index (χ1v) is 10.2. The van der Waals surface area contributed by atoms with E-state index in [9.17, 15) is 14.3 Å². The van der Waals surface area contributed by atoms with Crippen LogP contribution in [0.1, 0.15) is 42.9 Å². The van der Waals surface area contributed by atoms with Gasteiger partial charge in [0, 0.05) is 37.5 Å². The first-order valence-electron chi connectivity index (χ1n) is 10.2. The van der Waals surface area contributed by atoms with Crippen molar-refractivity contribution in [2.45, 2.75) is 44.8 Å².